The predicted molar refractivity (Wildman–Crippen MR) is 120 cm³/mol. The lowest BCUT2D eigenvalue weighted by atomic mass is 10.2. The highest BCUT2D eigenvalue weighted by atomic mass is 16.6. The number of nitrogens with one attached hydrogen (secondary N) is 1. The van der Waals surface area contributed by atoms with Gasteiger partial charge in [0.1, 0.15) is 23.2 Å². The van der Waals surface area contributed by atoms with Gasteiger partial charge in [-0.05, 0) is 42.0 Å². The van der Waals surface area contributed by atoms with Gasteiger partial charge in [-0.2, -0.15) is 5.10 Å². The minimum absolute atomic E-state index is 0.116. The lowest BCUT2D eigenvalue weighted by Gasteiger charge is -2.07. The average molecular weight is 443 g/mol. The summed E-state index contributed by atoms with van der Waals surface area (Å²) in [6.07, 6.45) is 4.27. The van der Waals surface area contributed by atoms with E-state index >= 15 is 0 Å². The van der Waals surface area contributed by atoms with Crippen LogP contribution in [0.5, 0.6) is 17.4 Å². The molecule has 164 valence electrons. The van der Waals surface area contributed by atoms with E-state index < -0.39 is 10.8 Å². The van der Waals surface area contributed by atoms with Crippen molar-refractivity contribution in [3.63, 3.8) is 0 Å². The molecule has 0 radical (unpaired) electrons. The Morgan fingerprint density at radius 3 is 2.64 bits per heavy atom. The molecule has 0 saturated heterocycles. The summed E-state index contributed by atoms with van der Waals surface area (Å²) in [7, 11) is 0. The summed E-state index contributed by atoms with van der Waals surface area (Å²) in [6.45, 7) is -0.206. The molecule has 0 aliphatic rings. The third kappa shape index (κ3) is 5.64. The van der Waals surface area contributed by atoms with E-state index in [4.69, 9.17) is 9.47 Å². The molecular weight excluding hydrogens is 426 g/mol. The van der Waals surface area contributed by atoms with Crippen molar-refractivity contribution < 1.29 is 19.2 Å². The largest absolute Gasteiger partial charge is 0.481 e. The fourth-order valence-corrected chi connectivity index (χ4v) is 2.83. The Morgan fingerprint density at radius 2 is 1.88 bits per heavy atom. The molecule has 0 unspecified atom stereocenters. The van der Waals surface area contributed by atoms with Crippen molar-refractivity contribution in [2.45, 2.75) is 0 Å². The first-order chi connectivity index (χ1) is 16.1. The fraction of sp³-hybridized carbons (Fsp3) is 0.0435. The molecule has 2 heterocycles. The Balaban J connectivity index is 1.27. The van der Waals surface area contributed by atoms with Crippen LogP contribution < -0.4 is 14.9 Å². The smallest absolute Gasteiger partial charge is 0.287 e. The molecule has 0 spiro atoms. The van der Waals surface area contributed by atoms with E-state index in [-0.39, 0.29) is 18.2 Å². The molecule has 1 N–H and O–H groups in total. The molecular formula is C23H17N5O5. The van der Waals surface area contributed by atoms with Crippen LogP contribution in [0.25, 0.3) is 10.9 Å². The quantitative estimate of drug-likeness (QED) is 0.249. The Kier molecular flexibility index (Phi) is 6.45. The molecule has 10 nitrogen and oxygen atoms in total. The third-order valence-electron chi connectivity index (χ3n) is 4.39. The maximum absolute atomic E-state index is 12.0. The molecule has 0 aliphatic carbocycles. The van der Waals surface area contributed by atoms with Gasteiger partial charge >= 0.3 is 0 Å². The van der Waals surface area contributed by atoms with Gasteiger partial charge in [0.2, 0.25) is 5.88 Å². The number of carbonyl (C=O) groups excluding carboxylic acids is 1. The van der Waals surface area contributed by atoms with Crippen molar-refractivity contribution in [2.75, 3.05) is 6.61 Å². The van der Waals surface area contributed by atoms with E-state index in [9.17, 15) is 14.9 Å². The maximum Gasteiger partial charge on any atom is 0.287 e. The zero-order chi connectivity index (χ0) is 23.0. The van der Waals surface area contributed by atoms with Gasteiger partial charge in [0.15, 0.2) is 6.61 Å². The van der Waals surface area contributed by atoms with Crippen LogP contribution in [0, 0.1) is 10.1 Å². The number of rotatable bonds is 8. The Hall–Kier alpha value is -4.86. The number of fused-ring (bicyclic) bond motifs is 1. The Labute approximate surface area is 187 Å². The highest BCUT2D eigenvalue weighted by Crippen LogP contribution is 2.23. The van der Waals surface area contributed by atoms with Crippen molar-refractivity contribution in [3.8, 4) is 17.4 Å². The minimum Gasteiger partial charge on any atom is -0.481 e. The summed E-state index contributed by atoms with van der Waals surface area (Å²) in [5.74, 6) is 0.832. The number of ether oxygens (including phenoxy) is 2. The molecule has 4 rings (SSSR count). The van der Waals surface area contributed by atoms with Crippen molar-refractivity contribution >= 4 is 28.7 Å². The third-order valence-corrected chi connectivity index (χ3v) is 4.39. The molecule has 4 aromatic rings. The number of hydrazone groups is 1. The van der Waals surface area contributed by atoms with Gasteiger partial charge < -0.3 is 9.47 Å². The monoisotopic (exact) mass is 443 g/mol. The second-order valence-corrected chi connectivity index (χ2v) is 6.70. The van der Waals surface area contributed by atoms with Gasteiger partial charge in [0.05, 0.1) is 11.1 Å². The van der Waals surface area contributed by atoms with E-state index in [0.29, 0.717) is 17.0 Å². The summed E-state index contributed by atoms with van der Waals surface area (Å²) < 4.78 is 11.1. The number of pyridine rings is 2. The highest BCUT2D eigenvalue weighted by molar-refractivity contribution is 5.85. The van der Waals surface area contributed by atoms with E-state index in [2.05, 4.69) is 20.5 Å². The van der Waals surface area contributed by atoms with E-state index in [1.165, 1.54) is 18.3 Å². The van der Waals surface area contributed by atoms with Crippen molar-refractivity contribution in [2.24, 2.45) is 5.10 Å². The van der Waals surface area contributed by atoms with Crippen LogP contribution in [0.2, 0.25) is 0 Å². The van der Waals surface area contributed by atoms with Crippen molar-refractivity contribution in [1.29, 1.82) is 0 Å². The van der Waals surface area contributed by atoms with Gasteiger partial charge in [-0.3, -0.25) is 19.9 Å². The number of nitrogens with zero attached hydrogens (tertiary/aromatic N) is 4. The van der Waals surface area contributed by atoms with Crippen molar-refractivity contribution in [3.05, 3.63) is 94.8 Å². The van der Waals surface area contributed by atoms with E-state index in [0.717, 1.165) is 17.1 Å². The zero-order valence-corrected chi connectivity index (χ0v) is 17.1. The van der Waals surface area contributed by atoms with Crippen LogP contribution in [-0.4, -0.2) is 33.6 Å². The van der Waals surface area contributed by atoms with E-state index in [1.54, 1.807) is 36.5 Å². The van der Waals surface area contributed by atoms with Gasteiger partial charge in [0.25, 0.3) is 11.6 Å². The second kappa shape index (κ2) is 9.96. The topological polar surface area (TPSA) is 129 Å². The predicted octanol–water partition coefficient (Wildman–Crippen LogP) is 3.86. The van der Waals surface area contributed by atoms with Crippen LogP contribution in [0.3, 0.4) is 0 Å². The van der Waals surface area contributed by atoms with Crippen LogP contribution >= 0.6 is 0 Å². The number of nitro groups is 1. The molecule has 2 aromatic carbocycles. The lowest BCUT2D eigenvalue weighted by molar-refractivity contribution is -0.385. The SMILES string of the molecule is O=C(COc1cccc2cccnc12)NN=Cc1ccc(Oc2ccc([N+](=O)[O-])cn2)cc1. The summed E-state index contributed by atoms with van der Waals surface area (Å²) in [6, 6.07) is 18.8. The van der Waals surface area contributed by atoms with Crippen LogP contribution in [-0.2, 0) is 4.79 Å². The molecule has 1 amide bonds. The van der Waals surface area contributed by atoms with Gasteiger partial charge in [0, 0.05) is 23.7 Å². The van der Waals surface area contributed by atoms with Crippen LogP contribution in [0.15, 0.2) is 84.2 Å². The molecule has 2 aromatic heterocycles. The number of para-hydroxylation sites is 1. The molecule has 0 atom stereocenters. The summed E-state index contributed by atoms with van der Waals surface area (Å²) in [5, 5.41) is 15.5. The molecule has 0 bridgehead atoms. The van der Waals surface area contributed by atoms with Gasteiger partial charge in [-0.15, -0.1) is 0 Å². The molecule has 0 aliphatic heterocycles. The number of hydrogen-bond acceptors (Lipinski definition) is 8. The molecule has 0 saturated carbocycles. The lowest BCUT2D eigenvalue weighted by Crippen LogP contribution is -2.24. The highest BCUT2D eigenvalue weighted by Gasteiger charge is 2.07. The molecule has 10 heteroatoms. The zero-order valence-electron chi connectivity index (χ0n) is 17.1. The number of carbonyl (C=O) groups is 1. The standard InChI is InChI=1S/C23H17N5O5/c29-21(15-32-20-5-1-3-17-4-2-12-24-23(17)20)27-26-13-16-6-9-19(10-7-16)33-22-11-8-18(14-25-22)28(30)31/h1-14H,15H2,(H,27,29). The molecule has 0 fully saturated rings. The van der Waals surface area contributed by atoms with Gasteiger partial charge in [-0.25, -0.2) is 10.4 Å². The van der Waals surface area contributed by atoms with Crippen LogP contribution in [0.4, 0.5) is 5.69 Å². The number of amides is 1. The average Bonchev–Trinajstić information content (AvgIpc) is 2.84. The number of benzene rings is 2. The maximum atomic E-state index is 12.0. The first kappa shape index (κ1) is 21.4. The first-order valence-corrected chi connectivity index (χ1v) is 9.75. The summed E-state index contributed by atoms with van der Waals surface area (Å²) >= 11 is 0. The molecule has 33 heavy (non-hydrogen) atoms. The fourth-order valence-electron chi connectivity index (χ4n) is 2.83. The Morgan fingerprint density at radius 1 is 1.06 bits per heavy atom. The van der Waals surface area contributed by atoms with E-state index in [1.807, 2.05) is 24.3 Å². The first-order valence-electron chi connectivity index (χ1n) is 9.75. The second-order valence-electron chi connectivity index (χ2n) is 6.70. The minimum atomic E-state index is -0.531. The number of hydrogen-bond donors (Lipinski definition) is 1. The van der Waals surface area contributed by atoms with Crippen LogP contribution in [0.1, 0.15) is 5.56 Å². The summed E-state index contributed by atoms with van der Waals surface area (Å²) in [5.41, 5.74) is 3.70. The number of aromatic nitrogens is 2. The van der Waals surface area contributed by atoms with Crippen molar-refractivity contribution in [1.82, 2.24) is 15.4 Å². The normalized spacial score (nSPS) is 10.8. The summed E-state index contributed by atoms with van der Waals surface area (Å²) in [4.78, 5) is 30.3. The van der Waals surface area contributed by atoms with Gasteiger partial charge in [-0.1, -0.05) is 18.2 Å². The Bertz CT molecular complexity index is 1300.